The van der Waals surface area contributed by atoms with E-state index in [4.69, 9.17) is 0 Å². The minimum atomic E-state index is -4.49. The Morgan fingerprint density at radius 2 is 1.69 bits per heavy atom. The van der Waals surface area contributed by atoms with Crippen molar-refractivity contribution in [1.29, 1.82) is 0 Å². The molecule has 0 saturated carbocycles. The van der Waals surface area contributed by atoms with E-state index in [0.29, 0.717) is 18.5 Å². The molecular weight excluding hydrogens is 417 g/mol. The Hall–Kier alpha value is -1.57. The predicted octanol–water partition coefficient (Wildman–Crippen LogP) is 5.36. The fraction of sp³-hybridized carbons (Fsp3) is 0.833. The minimum Gasteiger partial charge on any atom is -0.351 e. The van der Waals surface area contributed by atoms with E-state index in [9.17, 15) is 18.0 Å². The van der Waals surface area contributed by atoms with E-state index in [1.54, 1.807) is 0 Å². The first-order valence-electron chi connectivity index (χ1n) is 12.4. The standard InChI is InChI=1S/C24H41F3N4O/c1-4-6-11-15-30(16-12-7-5-2)17-19(3)28-22(32)18-31-21-14-10-8-9-13-20(21)23(29-31)24(25,26)27/h19H,4-18H2,1-3H3,(H,28,32). The molecule has 0 spiro atoms. The van der Waals surface area contributed by atoms with Crippen molar-refractivity contribution < 1.29 is 18.0 Å². The van der Waals surface area contributed by atoms with Gasteiger partial charge in [0.2, 0.25) is 5.91 Å². The summed E-state index contributed by atoms with van der Waals surface area (Å²) in [5, 5.41) is 6.82. The Morgan fingerprint density at radius 3 is 2.28 bits per heavy atom. The van der Waals surface area contributed by atoms with Gasteiger partial charge in [-0.05, 0) is 58.5 Å². The summed E-state index contributed by atoms with van der Waals surface area (Å²) in [4.78, 5) is 15.1. The van der Waals surface area contributed by atoms with Crippen LogP contribution in [0.1, 0.15) is 95.5 Å². The summed E-state index contributed by atoms with van der Waals surface area (Å²) < 4.78 is 41.8. The second-order valence-electron chi connectivity index (χ2n) is 9.17. The van der Waals surface area contributed by atoms with Crippen LogP contribution in [0.3, 0.4) is 0 Å². The van der Waals surface area contributed by atoms with Gasteiger partial charge in [0, 0.05) is 23.8 Å². The summed E-state index contributed by atoms with van der Waals surface area (Å²) in [5.41, 5.74) is 0.0560. The van der Waals surface area contributed by atoms with Gasteiger partial charge in [0.15, 0.2) is 5.69 Å². The first-order chi connectivity index (χ1) is 15.3. The molecular formula is C24H41F3N4O. The zero-order chi connectivity index (χ0) is 23.6. The number of alkyl halides is 3. The average Bonchev–Trinajstić information content (AvgIpc) is 2.89. The highest BCUT2D eigenvalue weighted by molar-refractivity contribution is 5.76. The highest BCUT2D eigenvalue weighted by Crippen LogP contribution is 2.35. The summed E-state index contributed by atoms with van der Waals surface area (Å²) in [6.45, 7) is 8.96. The van der Waals surface area contributed by atoms with Gasteiger partial charge in [0.05, 0.1) is 0 Å². The SMILES string of the molecule is CCCCCN(CCCCC)CC(C)NC(=O)Cn1nc(C(F)(F)F)c2c1CCCCC2. The molecule has 5 nitrogen and oxygen atoms in total. The van der Waals surface area contributed by atoms with E-state index in [2.05, 4.69) is 29.2 Å². The lowest BCUT2D eigenvalue weighted by Crippen LogP contribution is -2.44. The Labute approximate surface area is 191 Å². The number of amides is 1. The van der Waals surface area contributed by atoms with E-state index in [-0.39, 0.29) is 24.1 Å². The number of unbranched alkanes of at least 4 members (excludes halogenated alkanes) is 4. The first-order valence-corrected chi connectivity index (χ1v) is 12.4. The fourth-order valence-electron chi connectivity index (χ4n) is 4.56. The number of halogens is 3. The molecule has 8 heteroatoms. The number of aromatic nitrogens is 2. The zero-order valence-corrected chi connectivity index (χ0v) is 20.1. The molecule has 1 aromatic heterocycles. The van der Waals surface area contributed by atoms with Gasteiger partial charge in [-0.15, -0.1) is 0 Å². The Morgan fingerprint density at radius 1 is 1.06 bits per heavy atom. The molecule has 1 atom stereocenters. The number of fused-ring (bicyclic) bond motifs is 1. The highest BCUT2D eigenvalue weighted by Gasteiger charge is 2.39. The third-order valence-corrected chi connectivity index (χ3v) is 6.16. The Kier molecular flexibility index (Phi) is 11.0. The summed E-state index contributed by atoms with van der Waals surface area (Å²) in [5.74, 6) is -0.275. The van der Waals surface area contributed by atoms with Gasteiger partial charge in [0.25, 0.3) is 0 Å². The zero-order valence-electron chi connectivity index (χ0n) is 20.1. The molecule has 1 aromatic rings. The molecule has 0 fully saturated rings. The molecule has 184 valence electrons. The van der Waals surface area contributed by atoms with E-state index >= 15 is 0 Å². The van der Waals surface area contributed by atoms with Crippen molar-refractivity contribution in [2.75, 3.05) is 19.6 Å². The van der Waals surface area contributed by atoms with Crippen LogP contribution in [0.15, 0.2) is 0 Å². The summed E-state index contributed by atoms with van der Waals surface area (Å²) in [6.07, 6.45) is 5.92. The minimum absolute atomic E-state index is 0.0676. The quantitative estimate of drug-likeness (QED) is 0.320. The van der Waals surface area contributed by atoms with Crippen LogP contribution in [0.2, 0.25) is 0 Å². The van der Waals surface area contributed by atoms with Gasteiger partial charge in [-0.2, -0.15) is 18.3 Å². The van der Waals surface area contributed by atoms with Crippen LogP contribution in [0.25, 0.3) is 0 Å². The smallest absolute Gasteiger partial charge is 0.351 e. The summed E-state index contributed by atoms with van der Waals surface area (Å²) >= 11 is 0. The van der Waals surface area contributed by atoms with Crippen LogP contribution in [0.4, 0.5) is 13.2 Å². The number of carbonyl (C=O) groups is 1. The molecule has 0 radical (unpaired) electrons. The molecule has 1 aliphatic rings. The van der Waals surface area contributed by atoms with Crippen molar-refractivity contribution in [3.63, 3.8) is 0 Å². The number of nitrogens with one attached hydrogen (secondary N) is 1. The molecule has 1 N–H and O–H groups in total. The van der Waals surface area contributed by atoms with Crippen molar-refractivity contribution in [3.05, 3.63) is 17.0 Å². The topological polar surface area (TPSA) is 50.2 Å². The van der Waals surface area contributed by atoms with Crippen LogP contribution < -0.4 is 5.32 Å². The molecule has 2 rings (SSSR count). The van der Waals surface area contributed by atoms with Crippen LogP contribution in [0, 0.1) is 0 Å². The van der Waals surface area contributed by atoms with E-state index in [1.165, 1.54) is 30.4 Å². The van der Waals surface area contributed by atoms with Crippen LogP contribution in [-0.4, -0.2) is 46.3 Å². The maximum absolute atomic E-state index is 13.5. The number of rotatable bonds is 13. The first kappa shape index (κ1) is 26.7. The second kappa shape index (κ2) is 13.2. The van der Waals surface area contributed by atoms with Crippen molar-refractivity contribution in [2.24, 2.45) is 0 Å². The molecule has 32 heavy (non-hydrogen) atoms. The van der Waals surface area contributed by atoms with Gasteiger partial charge >= 0.3 is 6.18 Å². The average molecular weight is 459 g/mol. The number of hydrogen-bond donors (Lipinski definition) is 1. The van der Waals surface area contributed by atoms with Gasteiger partial charge < -0.3 is 10.2 Å². The molecule has 0 saturated heterocycles. The lowest BCUT2D eigenvalue weighted by Gasteiger charge is -2.26. The Balaban J connectivity index is 1.99. The van der Waals surface area contributed by atoms with Gasteiger partial charge in [0.1, 0.15) is 6.54 Å². The molecule has 1 heterocycles. The van der Waals surface area contributed by atoms with Crippen LogP contribution in [-0.2, 0) is 30.4 Å². The van der Waals surface area contributed by atoms with E-state index in [1.807, 2.05) is 6.92 Å². The maximum atomic E-state index is 13.5. The predicted molar refractivity (Wildman–Crippen MR) is 122 cm³/mol. The third kappa shape index (κ3) is 8.41. The maximum Gasteiger partial charge on any atom is 0.435 e. The number of hydrogen-bond acceptors (Lipinski definition) is 3. The fourth-order valence-corrected chi connectivity index (χ4v) is 4.56. The third-order valence-electron chi connectivity index (χ3n) is 6.16. The van der Waals surface area contributed by atoms with E-state index in [0.717, 1.165) is 51.7 Å². The normalized spacial score (nSPS) is 15.5. The molecule has 0 aliphatic heterocycles. The van der Waals surface area contributed by atoms with Crippen LogP contribution >= 0.6 is 0 Å². The molecule has 1 amide bonds. The van der Waals surface area contributed by atoms with Crippen molar-refractivity contribution >= 4 is 5.91 Å². The second-order valence-corrected chi connectivity index (χ2v) is 9.17. The molecule has 0 aromatic carbocycles. The van der Waals surface area contributed by atoms with Crippen molar-refractivity contribution in [3.8, 4) is 0 Å². The molecule has 0 bridgehead atoms. The lowest BCUT2D eigenvalue weighted by molar-refractivity contribution is -0.142. The van der Waals surface area contributed by atoms with Crippen molar-refractivity contribution in [1.82, 2.24) is 20.0 Å². The van der Waals surface area contributed by atoms with Gasteiger partial charge in [-0.1, -0.05) is 46.0 Å². The Bertz CT molecular complexity index is 692. The highest BCUT2D eigenvalue weighted by atomic mass is 19.4. The largest absolute Gasteiger partial charge is 0.435 e. The van der Waals surface area contributed by atoms with E-state index < -0.39 is 11.9 Å². The molecule has 1 aliphatic carbocycles. The number of nitrogens with zero attached hydrogens (tertiary/aromatic N) is 3. The lowest BCUT2D eigenvalue weighted by atomic mass is 10.1. The van der Waals surface area contributed by atoms with Gasteiger partial charge in [-0.25, -0.2) is 0 Å². The summed E-state index contributed by atoms with van der Waals surface area (Å²) in [6, 6.07) is -0.0676. The molecule has 1 unspecified atom stereocenters. The van der Waals surface area contributed by atoms with Gasteiger partial charge in [-0.3, -0.25) is 9.48 Å². The summed E-state index contributed by atoms with van der Waals surface area (Å²) in [7, 11) is 0. The van der Waals surface area contributed by atoms with Crippen molar-refractivity contribution in [2.45, 2.75) is 110 Å². The number of carbonyl (C=O) groups excluding carboxylic acids is 1. The van der Waals surface area contributed by atoms with Crippen LogP contribution in [0.5, 0.6) is 0 Å². The monoisotopic (exact) mass is 458 g/mol.